The Kier molecular flexibility index (Phi) is 3.80. The molecule has 2 aromatic rings. The molecule has 0 bridgehead atoms. The molecule has 108 valence electrons. The van der Waals surface area contributed by atoms with E-state index in [1.54, 1.807) is 0 Å². The third kappa shape index (κ3) is 3.11. The zero-order chi connectivity index (χ0) is 15.6. The van der Waals surface area contributed by atoms with E-state index in [9.17, 15) is 19.8 Å². The highest BCUT2D eigenvalue weighted by Gasteiger charge is 2.16. The van der Waals surface area contributed by atoms with Crippen LogP contribution in [0.4, 0.5) is 0 Å². The maximum Gasteiger partial charge on any atom is 0.336 e. The highest BCUT2D eigenvalue weighted by atomic mass is 16.4. The Hall–Kier alpha value is -3.02. The number of aromatic carboxylic acids is 2. The first kappa shape index (κ1) is 14.4. The minimum atomic E-state index is -1.21. The molecule has 0 radical (unpaired) electrons. The summed E-state index contributed by atoms with van der Waals surface area (Å²) in [5.41, 5.74) is 0.542. The molecule has 0 aliphatic heterocycles. The van der Waals surface area contributed by atoms with Crippen LogP contribution in [0, 0.1) is 0 Å². The predicted octanol–water partition coefficient (Wildman–Crippen LogP) is 2.08. The van der Waals surface area contributed by atoms with Crippen molar-refractivity contribution in [2.75, 3.05) is 0 Å². The smallest absolute Gasteiger partial charge is 0.336 e. The molecule has 0 heterocycles. The molecule has 21 heavy (non-hydrogen) atoms. The Bertz CT molecular complexity index is 659. The van der Waals surface area contributed by atoms with Gasteiger partial charge in [0, 0.05) is 0 Å². The molecule has 2 aromatic carbocycles. The summed E-state index contributed by atoms with van der Waals surface area (Å²) in [5.74, 6) is -2.78. The number of rotatable bonds is 4. The number of carbonyl (C=O) groups is 2. The Morgan fingerprint density at radius 3 is 1.48 bits per heavy atom. The average molecular weight is 288 g/mol. The van der Waals surface area contributed by atoms with Crippen molar-refractivity contribution in [1.82, 2.24) is 0 Å². The summed E-state index contributed by atoms with van der Waals surface area (Å²) in [6.07, 6.45) is 0.0594. The van der Waals surface area contributed by atoms with E-state index in [1.165, 1.54) is 24.3 Å². The monoisotopic (exact) mass is 288 g/mol. The number of carboxylic acids is 2. The summed E-state index contributed by atoms with van der Waals surface area (Å²) in [5, 5.41) is 36.9. The minimum Gasteiger partial charge on any atom is -0.508 e. The van der Waals surface area contributed by atoms with Gasteiger partial charge in [0.05, 0.1) is 11.1 Å². The quantitative estimate of drug-likeness (QED) is 0.684. The molecule has 0 unspecified atom stereocenters. The Morgan fingerprint density at radius 1 is 0.762 bits per heavy atom. The molecular formula is C15H12O6. The van der Waals surface area contributed by atoms with E-state index >= 15 is 0 Å². The largest absolute Gasteiger partial charge is 0.508 e. The molecule has 6 nitrogen and oxygen atoms in total. The summed E-state index contributed by atoms with van der Waals surface area (Å²) < 4.78 is 0. The fourth-order valence-electron chi connectivity index (χ4n) is 2.04. The molecule has 0 amide bonds. The zero-order valence-corrected chi connectivity index (χ0v) is 10.8. The van der Waals surface area contributed by atoms with Crippen molar-refractivity contribution < 1.29 is 30.0 Å². The third-order valence-corrected chi connectivity index (χ3v) is 3.03. The third-order valence-electron chi connectivity index (χ3n) is 3.03. The highest BCUT2D eigenvalue weighted by Crippen LogP contribution is 2.23. The van der Waals surface area contributed by atoms with Crippen LogP contribution in [0.1, 0.15) is 31.8 Å². The van der Waals surface area contributed by atoms with Gasteiger partial charge in [-0.05, 0) is 41.8 Å². The van der Waals surface area contributed by atoms with Gasteiger partial charge in [-0.2, -0.15) is 0 Å². The van der Waals surface area contributed by atoms with Crippen molar-refractivity contribution >= 4 is 11.9 Å². The number of hydrogen-bond acceptors (Lipinski definition) is 4. The number of hydrogen-bond donors (Lipinski definition) is 4. The number of aromatic hydroxyl groups is 2. The molecule has 0 aliphatic rings. The summed E-state index contributed by atoms with van der Waals surface area (Å²) in [4.78, 5) is 22.3. The lowest BCUT2D eigenvalue weighted by atomic mass is 9.96. The van der Waals surface area contributed by atoms with Gasteiger partial charge >= 0.3 is 11.9 Å². The lowest BCUT2D eigenvalue weighted by Gasteiger charge is -2.10. The van der Waals surface area contributed by atoms with E-state index in [1.807, 2.05) is 0 Å². The van der Waals surface area contributed by atoms with Gasteiger partial charge in [-0.3, -0.25) is 0 Å². The van der Waals surface area contributed by atoms with Crippen molar-refractivity contribution in [3.8, 4) is 11.5 Å². The highest BCUT2D eigenvalue weighted by molar-refractivity contribution is 5.92. The van der Waals surface area contributed by atoms with Gasteiger partial charge in [-0.15, -0.1) is 0 Å². The maximum absolute atomic E-state index is 11.2. The van der Waals surface area contributed by atoms with Gasteiger partial charge in [-0.1, -0.05) is 12.1 Å². The first-order chi connectivity index (χ1) is 9.88. The second-order valence-electron chi connectivity index (χ2n) is 4.47. The van der Waals surface area contributed by atoms with E-state index in [4.69, 9.17) is 10.2 Å². The summed E-state index contributed by atoms with van der Waals surface area (Å²) >= 11 is 0. The molecule has 0 saturated carbocycles. The normalized spacial score (nSPS) is 10.3. The van der Waals surface area contributed by atoms with Crippen LogP contribution >= 0.6 is 0 Å². The summed E-state index contributed by atoms with van der Waals surface area (Å²) in [6, 6.07) is 7.75. The molecule has 0 spiro atoms. The first-order valence-electron chi connectivity index (χ1n) is 5.99. The van der Waals surface area contributed by atoms with Crippen LogP contribution in [0.3, 0.4) is 0 Å². The fraction of sp³-hybridized carbons (Fsp3) is 0.0667. The van der Waals surface area contributed by atoms with Crippen molar-refractivity contribution in [2.24, 2.45) is 0 Å². The number of phenols is 2. The number of phenolic OH excluding ortho intramolecular Hbond substituents is 2. The van der Waals surface area contributed by atoms with Gasteiger partial charge in [0.1, 0.15) is 11.5 Å². The van der Waals surface area contributed by atoms with Crippen molar-refractivity contribution in [1.29, 1.82) is 0 Å². The molecule has 6 heteroatoms. The molecule has 0 aromatic heterocycles. The van der Waals surface area contributed by atoms with Crippen LogP contribution in [0.25, 0.3) is 0 Å². The van der Waals surface area contributed by atoms with E-state index in [-0.39, 0.29) is 29.0 Å². The van der Waals surface area contributed by atoms with Gasteiger partial charge < -0.3 is 20.4 Å². The SMILES string of the molecule is O=C(O)c1cc(O)ccc1Cc1ccc(O)cc1C(=O)O. The van der Waals surface area contributed by atoms with Gasteiger partial charge in [0.2, 0.25) is 0 Å². The maximum atomic E-state index is 11.2. The Labute approximate surface area is 119 Å². The van der Waals surface area contributed by atoms with E-state index in [0.717, 1.165) is 12.1 Å². The van der Waals surface area contributed by atoms with Crippen LogP contribution in [0.15, 0.2) is 36.4 Å². The van der Waals surface area contributed by atoms with Crippen LogP contribution in [0.2, 0.25) is 0 Å². The first-order valence-corrected chi connectivity index (χ1v) is 5.99. The molecule has 0 atom stereocenters. The van der Waals surface area contributed by atoms with E-state index < -0.39 is 11.9 Å². The molecular weight excluding hydrogens is 276 g/mol. The van der Waals surface area contributed by atoms with Crippen LogP contribution < -0.4 is 0 Å². The standard InChI is InChI=1S/C15H12O6/c16-10-3-1-8(12(6-10)14(18)19)5-9-2-4-11(17)7-13(9)15(20)21/h1-4,6-7,16-17H,5H2,(H,18,19)(H,20,21). The second kappa shape index (κ2) is 5.54. The molecule has 2 rings (SSSR count). The molecule has 0 aliphatic carbocycles. The summed E-state index contributed by atoms with van der Waals surface area (Å²) in [7, 11) is 0. The van der Waals surface area contributed by atoms with Crippen molar-refractivity contribution in [2.45, 2.75) is 6.42 Å². The van der Waals surface area contributed by atoms with Crippen LogP contribution in [-0.4, -0.2) is 32.4 Å². The van der Waals surface area contributed by atoms with Crippen LogP contribution in [0.5, 0.6) is 11.5 Å². The van der Waals surface area contributed by atoms with E-state index in [0.29, 0.717) is 11.1 Å². The minimum absolute atomic E-state index is 0.0594. The average Bonchev–Trinajstić information content (AvgIpc) is 2.42. The van der Waals surface area contributed by atoms with Crippen LogP contribution in [-0.2, 0) is 6.42 Å². The molecule has 0 saturated heterocycles. The second-order valence-corrected chi connectivity index (χ2v) is 4.47. The fourth-order valence-corrected chi connectivity index (χ4v) is 2.04. The van der Waals surface area contributed by atoms with Gasteiger partial charge in [0.25, 0.3) is 0 Å². The lowest BCUT2D eigenvalue weighted by molar-refractivity contribution is 0.0686. The lowest BCUT2D eigenvalue weighted by Crippen LogP contribution is -2.07. The number of carboxylic acid groups (broad SMARTS) is 2. The Balaban J connectivity index is 2.48. The van der Waals surface area contributed by atoms with Crippen molar-refractivity contribution in [3.63, 3.8) is 0 Å². The zero-order valence-electron chi connectivity index (χ0n) is 10.8. The van der Waals surface area contributed by atoms with E-state index in [2.05, 4.69) is 0 Å². The van der Waals surface area contributed by atoms with Gasteiger partial charge in [-0.25, -0.2) is 9.59 Å². The van der Waals surface area contributed by atoms with Gasteiger partial charge in [0.15, 0.2) is 0 Å². The van der Waals surface area contributed by atoms with Crippen molar-refractivity contribution in [3.05, 3.63) is 58.7 Å². The Morgan fingerprint density at radius 2 is 1.14 bits per heavy atom. The summed E-state index contributed by atoms with van der Waals surface area (Å²) in [6.45, 7) is 0. The topological polar surface area (TPSA) is 115 Å². The predicted molar refractivity (Wildman–Crippen MR) is 72.9 cm³/mol. The molecule has 0 fully saturated rings. The number of benzene rings is 2. The molecule has 4 N–H and O–H groups in total.